The van der Waals surface area contributed by atoms with Gasteiger partial charge in [0, 0.05) is 6.04 Å². The summed E-state index contributed by atoms with van der Waals surface area (Å²) in [6.45, 7) is 1.35. The zero-order valence-electron chi connectivity index (χ0n) is 12.9. The second-order valence-electron chi connectivity index (χ2n) is 5.92. The van der Waals surface area contributed by atoms with Crippen molar-refractivity contribution in [3.63, 3.8) is 0 Å². The standard InChI is InChI=1S/C17H23NO4/c1-20-14-4-2-3-12(9-14)10-17(19)18-13-5-6-15-16(11-13)22-8-7-21-15/h2-4,9,13,15-16H,5-8,10-11H2,1H3,(H,18,19). The number of fused-ring (bicyclic) bond motifs is 1. The molecule has 0 spiro atoms. The van der Waals surface area contributed by atoms with Crippen molar-refractivity contribution in [2.45, 2.75) is 43.9 Å². The molecule has 120 valence electrons. The Labute approximate surface area is 130 Å². The minimum absolute atomic E-state index is 0.0495. The Morgan fingerprint density at radius 1 is 1.27 bits per heavy atom. The van der Waals surface area contributed by atoms with Crippen LogP contribution in [0, 0.1) is 0 Å². The Balaban J connectivity index is 1.51. The molecule has 1 heterocycles. The predicted octanol–water partition coefficient (Wildman–Crippen LogP) is 1.69. The van der Waals surface area contributed by atoms with Crippen molar-refractivity contribution < 1.29 is 19.0 Å². The Morgan fingerprint density at radius 3 is 2.91 bits per heavy atom. The van der Waals surface area contributed by atoms with E-state index in [1.165, 1.54) is 0 Å². The maximum Gasteiger partial charge on any atom is 0.224 e. The lowest BCUT2D eigenvalue weighted by molar-refractivity contribution is -0.158. The van der Waals surface area contributed by atoms with Crippen LogP contribution in [0.2, 0.25) is 0 Å². The molecule has 1 aromatic rings. The fourth-order valence-electron chi connectivity index (χ4n) is 3.24. The van der Waals surface area contributed by atoms with Crippen LogP contribution >= 0.6 is 0 Å². The number of nitrogens with one attached hydrogen (secondary N) is 1. The molecule has 3 unspecified atom stereocenters. The molecule has 1 amide bonds. The highest BCUT2D eigenvalue weighted by atomic mass is 16.6. The van der Waals surface area contributed by atoms with E-state index in [4.69, 9.17) is 14.2 Å². The number of benzene rings is 1. The molecule has 1 aliphatic carbocycles. The Kier molecular flexibility index (Phi) is 4.95. The summed E-state index contributed by atoms with van der Waals surface area (Å²) in [5.41, 5.74) is 0.961. The number of methoxy groups -OCH3 is 1. The SMILES string of the molecule is COc1cccc(CC(=O)NC2CCC3OCCOC3C2)c1. The van der Waals surface area contributed by atoms with Gasteiger partial charge in [0.25, 0.3) is 0 Å². The van der Waals surface area contributed by atoms with Crippen LogP contribution < -0.4 is 10.1 Å². The molecule has 1 aliphatic heterocycles. The molecule has 22 heavy (non-hydrogen) atoms. The van der Waals surface area contributed by atoms with E-state index in [1.54, 1.807) is 7.11 Å². The number of hydrogen-bond acceptors (Lipinski definition) is 4. The molecule has 5 heteroatoms. The van der Waals surface area contributed by atoms with Gasteiger partial charge in [-0.3, -0.25) is 4.79 Å². The normalized spacial score (nSPS) is 27.8. The zero-order valence-corrected chi connectivity index (χ0v) is 12.9. The van der Waals surface area contributed by atoms with Gasteiger partial charge in [0.1, 0.15) is 5.75 Å². The van der Waals surface area contributed by atoms with Crippen molar-refractivity contribution in [2.75, 3.05) is 20.3 Å². The lowest BCUT2D eigenvalue weighted by Gasteiger charge is -2.39. The first-order valence-corrected chi connectivity index (χ1v) is 7.90. The van der Waals surface area contributed by atoms with Gasteiger partial charge in [0.15, 0.2) is 0 Å². The summed E-state index contributed by atoms with van der Waals surface area (Å²) in [5.74, 6) is 0.826. The maximum absolute atomic E-state index is 12.2. The first-order chi connectivity index (χ1) is 10.7. The summed E-state index contributed by atoms with van der Waals surface area (Å²) in [6, 6.07) is 7.80. The van der Waals surface area contributed by atoms with Crippen LogP contribution in [0.3, 0.4) is 0 Å². The van der Waals surface area contributed by atoms with Crippen molar-refractivity contribution in [3.05, 3.63) is 29.8 Å². The molecule has 2 aliphatic rings. The molecule has 3 rings (SSSR count). The highest BCUT2D eigenvalue weighted by molar-refractivity contribution is 5.79. The third kappa shape index (κ3) is 3.78. The molecule has 5 nitrogen and oxygen atoms in total. The van der Waals surface area contributed by atoms with Crippen molar-refractivity contribution in [1.29, 1.82) is 0 Å². The van der Waals surface area contributed by atoms with Gasteiger partial charge in [0.2, 0.25) is 5.91 Å². The highest BCUT2D eigenvalue weighted by Gasteiger charge is 2.34. The monoisotopic (exact) mass is 305 g/mol. The van der Waals surface area contributed by atoms with Gasteiger partial charge < -0.3 is 19.5 Å². The Bertz CT molecular complexity index is 519. The first-order valence-electron chi connectivity index (χ1n) is 7.90. The van der Waals surface area contributed by atoms with E-state index in [9.17, 15) is 4.79 Å². The molecule has 3 atom stereocenters. The van der Waals surface area contributed by atoms with Gasteiger partial charge in [0.05, 0.1) is 39.0 Å². The maximum atomic E-state index is 12.2. The van der Waals surface area contributed by atoms with Crippen molar-refractivity contribution in [3.8, 4) is 5.75 Å². The van der Waals surface area contributed by atoms with Crippen molar-refractivity contribution in [2.24, 2.45) is 0 Å². The lowest BCUT2D eigenvalue weighted by Crippen LogP contribution is -2.49. The van der Waals surface area contributed by atoms with Crippen LogP contribution in [0.4, 0.5) is 0 Å². The zero-order chi connectivity index (χ0) is 15.4. The topological polar surface area (TPSA) is 56.8 Å². The number of amides is 1. The summed E-state index contributed by atoms with van der Waals surface area (Å²) in [6.07, 6.45) is 3.46. The second-order valence-corrected chi connectivity index (χ2v) is 5.92. The van der Waals surface area contributed by atoms with Crippen molar-refractivity contribution in [1.82, 2.24) is 5.32 Å². The molecule has 1 aromatic carbocycles. The van der Waals surface area contributed by atoms with Gasteiger partial charge >= 0.3 is 0 Å². The Morgan fingerprint density at radius 2 is 2.09 bits per heavy atom. The number of carbonyl (C=O) groups is 1. The summed E-state index contributed by atoms with van der Waals surface area (Å²) in [4.78, 5) is 12.2. The number of carbonyl (C=O) groups excluding carboxylic acids is 1. The summed E-state index contributed by atoms with van der Waals surface area (Å²) in [5, 5.41) is 3.12. The summed E-state index contributed by atoms with van der Waals surface area (Å²) in [7, 11) is 1.63. The average molecular weight is 305 g/mol. The molecular formula is C17H23NO4. The van der Waals surface area contributed by atoms with Crippen LogP contribution in [0.25, 0.3) is 0 Å². The minimum Gasteiger partial charge on any atom is -0.497 e. The number of ether oxygens (including phenoxy) is 3. The largest absolute Gasteiger partial charge is 0.497 e. The van der Waals surface area contributed by atoms with E-state index < -0.39 is 0 Å². The van der Waals surface area contributed by atoms with Crippen LogP contribution in [-0.4, -0.2) is 44.5 Å². The first kappa shape index (κ1) is 15.3. The van der Waals surface area contributed by atoms with E-state index in [2.05, 4.69) is 5.32 Å². The molecule has 0 radical (unpaired) electrons. The molecular weight excluding hydrogens is 282 g/mol. The summed E-state index contributed by atoms with van der Waals surface area (Å²) >= 11 is 0. The predicted molar refractivity (Wildman–Crippen MR) is 82.0 cm³/mol. The fraction of sp³-hybridized carbons (Fsp3) is 0.588. The second kappa shape index (κ2) is 7.11. The molecule has 1 saturated heterocycles. The van der Waals surface area contributed by atoms with E-state index in [1.807, 2.05) is 24.3 Å². The molecule has 2 fully saturated rings. The molecule has 0 bridgehead atoms. The van der Waals surface area contributed by atoms with E-state index >= 15 is 0 Å². The third-order valence-electron chi connectivity index (χ3n) is 4.34. The van der Waals surface area contributed by atoms with Gasteiger partial charge in [-0.2, -0.15) is 0 Å². The van der Waals surface area contributed by atoms with Gasteiger partial charge in [-0.1, -0.05) is 12.1 Å². The van der Waals surface area contributed by atoms with Crippen LogP contribution in [0.1, 0.15) is 24.8 Å². The van der Waals surface area contributed by atoms with Gasteiger partial charge in [-0.25, -0.2) is 0 Å². The van der Waals surface area contributed by atoms with Crippen LogP contribution in [0.5, 0.6) is 5.75 Å². The number of rotatable bonds is 4. The smallest absolute Gasteiger partial charge is 0.224 e. The fourth-order valence-corrected chi connectivity index (χ4v) is 3.24. The minimum atomic E-state index is 0.0495. The quantitative estimate of drug-likeness (QED) is 0.920. The van der Waals surface area contributed by atoms with E-state index in [0.717, 1.165) is 30.6 Å². The van der Waals surface area contributed by atoms with Crippen LogP contribution in [0.15, 0.2) is 24.3 Å². The third-order valence-corrected chi connectivity index (χ3v) is 4.34. The molecule has 1 saturated carbocycles. The average Bonchev–Trinajstić information content (AvgIpc) is 2.55. The van der Waals surface area contributed by atoms with Crippen molar-refractivity contribution >= 4 is 5.91 Å². The lowest BCUT2D eigenvalue weighted by atomic mass is 9.89. The molecule has 0 aromatic heterocycles. The highest BCUT2D eigenvalue weighted by Crippen LogP contribution is 2.26. The number of hydrogen-bond donors (Lipinski definition) is 1. The van der Waals surface area contributed by atoms with E-state index in [0.29, 0.717) is 19.6 Å². The summed E-state index contributed by atoms with van der Waals surface area (Å²) < 4.78 is 16.6. The van der Waals surface area contributed by atoms with E-state index in [-0.39, 0.29) is 24.2 Å². The Hall–Kier alpha value is -1.59. The van der Waals surface area contributed by atoms with Crippen LogP contribution in [-0.2, 0) is 20.7 Å². The molecule has 1 N–H and O–H groups in total. The van der Waals surface area contributed by atoms with Gasteiger partial charge in [-0.15, -0.1) is 0 Å². The van der Waals surface area contributed by atoms with Gasteiger partial charge in [-0.05, 0) is 37.0 Å².